The van der Waals surface area contributed by atoms with Gasteiger partial charge in [0.2, 0.25) is 5.91 Å². The van der Waals surface area contributed by atoms with Crippen molar-refractivity contribution in [2.75, 3.05) is 39.0 Å². The number of anilines is 1. The van der Waals surface area contributed by atoms with Crippen LogP contribution >= 0.6 is 0 Å². The molecule has 1 rings (SSSR count). The molecule has 1 aromatic rings. The van der Waals surface area contributed by atoms with Crippen LogP contribution in [0.3, 0.4) is 0 Å². The van der Waals surface area contributed by atoms with E-state index >= 15 is 0 Å². The normalized spacial score (nSPS) is 10.2. The smallest absolute Gasteiger partial charge is 0.338 e. The summed E-state index contributed by atoms with van der Waals surface area (Å²) in [6, 6.07) is 4.81. The van der Waals surface area contributed by atoms with Crippen molar-refractivity contribution in [1.29, 1.82) is 0 Å². The second kappa shape index (κ2) is 8.90. The Kier molecular flexibility index (Phi) is 7.23. The Morgan fingerprint density at radius 2 is 1.75 bits per heavy atom. The van der Waals surface area contributed by atoms with Crippen LogP contribution in [0.25, 0.3) is 0 Å². The molecule has 1 aromatic carbocycles. The predicted octanol–water partition coefficient (Wildman–Crippen LogP) is 1.06. The van der Waals surface area contributed by atoms with E-state index in [0.717, 1.165) is 5.56 Å². The minimum Gasteiger partial charge on any atom is -0.452 e. The number of carbonyl (C=O) groups is 3. The highest BCUT2D eigenvalue weighted by Crippen LogP contribution is 2.13. The topological polar surface area (TPSA) is 92.9 Å². The van der Waals surface area contributed by atoms with Crippen molar-refractivity contribution < 1.29 is 19.1 Å². The van der Waals surface area contributed by atoms with Gasteiger partial charge in [0.05, 0.1) is 12.1 Å². The molecular formula is C17H25N3O4. The molecule has 7 heteroatoms. The SMILES string of the molecule is CCN(CC)C(=O)CN(C)C(=O)COC(=O)c1ccc(C)c(N)c1. The van der Waals surface area contributed by atoms with Crippen molar-refractivity contribution >= 4 is 23.5 Å². The maximum Gasteiger partial charge on any atom is 0.338 e. The molecule has 0 saturated carbocycles. The number of rotatable bonds is 7. The van der Waals surface area contributed by atoms with Crippen LogP contribution in [-0.4, -0.2) is 60.9 Å². The number of amides is 2. The van der Waals surface area contributed by atoms with E-state index < -0.39 is 18.5 Å². The summed E-state index contributed by atoms with van der Waals surface area (Å²) >= 11 is 0. The van der Waals surface area contributed by atoms with E-state index in [0.29, 0.717) is 18.8 Å². The number of nitrogen functional groups attached to an aromatic ring is 1. The average Bonchev–Trinajstić information content (AvgIpc) is 2.55. The molecule has 0 saturated heterocycles. The van der Waals surface area contributed by atoms with Gasteiger partial charge in [-0.3, -0.25) is 9.59 Å². The van der Waals surface area contributed by atoms with Crippen molar-refractivity contribution in [3.8, 4) is 0 Å². The standard InChI is InChI=1S/C17H25N3O4/c1-5-20(6-2)15(21)10-19(4)16(22)11-24-17(23)13-8-7-12(3)14(18)9-13/h7-9H,5-6,10-11,18H2,1-4H3. The number of ether oxygens (including phenoxy) is 1. The number of hydrogen-bond donors (Lipinski definition) is 1. The van der Waals surface area contributed by atoms with Gasteiger partial charge in [0, 0.05) is 25.8 Å². The van der Waals surface area contributed by atoms with E-state index in [1.54, 1.807) is 17.0 Å². The van der Waals surface area contributed by atoms with Gasteiger partial charge in [-0.2, -0.15) is 0 Å². The van der Waals surface area contributed by atoms with Crippen LogP contribution in [0.5, 0.6) is 0 Å². The lowest BCUT2D eigenvalue weighted by Crippen LogP contribution is -2.42. The second-order valence-electron chi connectivity index (χ2n) is 5.46. The minimum atomic E-state index is -0.626. The predicted molar refractivity (Wildman–Crippen MR) is 91.4 cm³/mol. The van der Waals surface area contributed by atoms with Crippen molar-refractivity contribution in [2.45, 2.75) is 20.8 Å². The van der Waals surface area contributed by atoms with Crippen LogP contribution in [0.4, 0.5) is 5.69 Å². The van der Waals surface area contributed by atoms with Crippen molar-refractivity contribution in [2.24, 2.45) is 0 Å². The highest BCUT2D eigenvalue weighted by Gasteiger charge is 2.18. The number of aryl methyl sites for hydroxylation is 1. The maximum atomic E-state index is 12.0. The molecule has 0 heterocycles. The molecule has 132 valence electrons. The Hall–Kier alpha value is -2.57. The molecular weight excluding hydrogens is 310 g/mol. The molecule has 0 aliphatic heterocycles. The van der Waals surface area contributed by atoms with Crippen LogP contribution in [0.1, 0.15) is 29.8 Å². The molecule has 0 unspecified atom stereocenters. The molecule has 0 radical (unpaired) electrons. The van der Waals surface area contributed by atoms with Crippen molar-refractivity contribution in [1.82, 2.24) is 9.80 Å². The van der Waals surface area contributed by atoms with E-state index in [1.807, 2.05) is 20.8 Å². The molecule has 0 aromatic heterocycles. The Balaban J connectivity index is 2.54. The van der Waals surface area contributed by atoms with E-state index in [9.17, 15) is 14.4 Å². The Bertz CT molecular complexity index is 612. The first kappa shape index (κ1) is 19.5. The molecule has 0 atom stereocenters. The summed E-state index contributed by atoms with van der Waals surface area (Å²) in [6.07, 6.45) is 0. The van der Waals surface area contributed by atoms with E-state index in [-0.39, 0.29) is 18.0 Å². The zero-order chi connectivity index (χ0) is 18.3. The lowest BCUT2D eigenvalue weighted by Gasteiger charge is -2.23. The highest BCUT2D eigenvalue weighted by atomic mass is 16.5. The van der Waals surface area contributed by atoms with Gasteiger partial charge in [-0.25, -0.2) is 4.79 Å². The van der Waals surface area contributed by atoms with Gasteiger partial charge in [-0.05, 0) is 38.5 Å². The number of benzene rings is 1. The molecule has 0 aliphatic carbocycles. The van der Waals surface area contributed by atoms with E-state index in [1.165, 1.54) is 18.0 Å². The third-order valence-corrected chi connectivity index (χ3v) is 3.76. The minimum absolute atomic E-state index is 0.0461. The Morgan fingerprint density at radius 1 is 1.12 bits per heavy atom. The fraction of sp³-hybridized carbons (Fsp3) is 0.471. The monoisotopic (exact) mass is 335 g/mol. The fourth-order valence-corrected chi connectivity index (χ4v) is 2.06. The molecule has 2 amide bonds. The Labute approximate surface area is 142 Å². The lowest BCUT2D eigenvalue weighted by molar-refractivity contribution is -0.140. The van der Waals surface area contributed by atoms with Crippen molar-refractivity contribution in [3.63, 3.8) is 0 Å². The molecule has 0 bridgehead atoms. The third-order valence-electron chi connectivity index (χ3n) is 3.76. The van der Waals surface area contributed by atoms with Crippen LogP contribution in [-0.2, 0) is 14.3 Å². The lowest BCUT2D eigenvalue weighted by atomic mass is 10.1. The highest BCUT2D eigenvalue weighted by molar-refractivity contribution is 5.93. The molecule has 7 nitrogen and oxygen atoms in total. The first-order valence-electron chi connectivity index (χ1n) is 7.85. The van der Waals surface area contributed by atoms with Crippen LogP contribution in [0, 0.1) is 6.92 Å². The molecule has 0 spiro atoms. The van der Waals surface area contributed by atoms with Gasteiger partial charge < -0.3 is 20.3 Å². The van der Waals surface area contributed by atoms with Gasteiger partial charge in [-0.15, -0.1) is 0 Å². The fourth-order valence-electron chi connectivity index (χ4n) is 2.06. The van der Waals surface area contributed by atoms with E-state index in [4.69, 9.17) is 10.5 Å². The van der Waals surface area contributed by atoms with Gasteiger partial charge in [-0.1, -0.05) is 6.07 Å². The Morgan fingerprint density at radius 3 is 2.29 bits per heavy atom. The number of hydrogen-bond acceptors (Lipinski definition) is 5. The molecule has 0 aliphatic rings. The van der Waals surface area contributed by atoms with Crippen LogP contribution in [0.2, 0.25) is 0 Å². The first-order chi connectivity index (χ1) is 11.3. The zero-order valence-corrected chi connectivity index (χ0v) is 14.7. The molecule has 24 heavy (non-hydrogen) atoms. The summed E-state index contributed by atoms with van der Waals surface area (Å²) in [6.45, 7) is 6.28. The zero-order valence-electron chi connectivity index (χ0n) is 14.7. The summed E-state index contributed by atoms with van der Waals surface area (Å²) < 4.78 is 4.99. The van der Waals surface area contributed by atoms with Gasteiger partial charge in [0.25, 0.3) is 5.91 Å². The van der Waals surface area contributed by atoms with Crippen LogP contribution < -0.4 is 5.73 Å². The van der Waals surface area contributed by atoms with Gasteiger partial charge >= 0.3 is 5.97 Å². The number of esters is 1. The number of likely N-dealkylation sites (N-methyl/N-ethyl adjacent to an activating group) is 2. The third kappa shape index (κ3) is 5.26. The number of carbonyl (C=O) groups excluding carboxylic acids is 3. The summed E-state index contributed by atoms with van der Waals surface area (Å²) in [7, 11) is 1.50. The number of nitrogens with zero attached hydrogens (tertiary/aromatic N) is 2. The molecule has 2 N–H and O–H groups in total. The largest absolute Gasteiger partial charge is 0.452 e. The maximum absolute atomic E-state index is 12.0. The summed E-state index contributed by atoms with van der Waals surface area (Å²) in [5.41, 5.74) is 7.37. The van der Waals surface area contributed by atoms with Gasteiger partial charge in [0.15, 0.2) is 6.61 Å². The summed E-state index contributed by atoms with van der Waals surface area (Å²) in [5, 5.41) is 0. The van der Waals surface area contributed by atoms with E-state index in [2.05, 4.69) is 0 Å². The molecule has 0 fully saturated rings. The summed E-state index contributed by atoms with van der Waals surface area (Å²) in [5.74, 6) is -1.21. The van der Waals surface area contributed by atoms with Gasteiger partial charge in [0.1, 0.15) is 0 Å². The van der Waals surface area contributed by atoms with Crippen molar-refractivity contribution in [3.05, 3.63) is 29.3 Å². The average molecular weight is 335 g/mol. The summed E-state index contributed by atoms with van der Waals surface area (Å²) in [4.78, 5) is 38.8. The first-order valence-corrected chi connectivity index (χ1v) is 7.85. The van der Waals surface area contributed by atoms with Crippen LogP contribution in [0.15, 0.2) is 18.2 Å². The number of nitrogens with two attached hydrogens (primary N) is 1. The quantitative estimate of drug-likeness (QED) is 0.594. The second-order valence-corrected chi connectivity index (χ2v) is 5.46.